The highest BCUT2D eigenvalue weighted by Gasteiger charge is 2.15. The van der Waals surface area contributed by atoms with Crippen molar-refractivity contribution in [2.45, 2.75) is 46.6 Å². The lowest BCUT2D eigenvalue weighted by Gasteiger charge is -2.16. The van der Waals surface area contributed by atoms with Crippen LogP contribution in [0.15, 0.2) is 47.5 Å². The minimum Gasteiger partial charge on any atom is -0.496 e. The van der Waals surface area contributed by atoms with Crippen LogP contribution in [0.5, 0.6) is 11.5 Å². The SMILES string of the molecule is CCCOCc1cc(OC)c(-c2ccc(CC/C(=C\Cl)C(C)C)cc2)c(OC)c1.CON. The van der Waals surface area contributed by atoms with Gasteiger partial charge in [-0.05, 0) is 54.0 Å². The molecule has 0 radical (unpaired) electrons. The van der Waals surface area contributed by atoms with E-state index in [1.165, 1.54) is 18.2 Å². The molecule has 0 aliphatic heterocycles. The van der Waals surface area contributed by atoms with E-state index >= 15 is 0 Å². The first-order valence-electron chi connectivity index (χ1n) is 10.9. The van der Waals surface area contributed by atoms with Gasteiger partial charge in [0.25, 0.3) is 0 Å². The lowest BCUT2D eigenvalue weighted by molar-refractivity contribution is 0.121. The number of aryl methyl sites for hydroxylation is 1. The number of nitrogens with two attached hydrogens (primary N) is 1. The largest absolute Gasteiger partial charge is 0.496 e. The van der Waals surface area contributed by atoms with E-state index in [1.54, 1.807) is 19.8 Å². The molecule has 0 saturated carbocycles. The quantitative estimate of drug-likeness (QED) is 0.303. The number of benzene rings is 2. The normalized spacial score (nSPS) is 11.2. The highest BCUT2D eigenvalue weighted by Crippen LogP contribution is 2.40. The third-order valence-electron chi connectivity index (χ3n) is 5.01. The summed E-state index contributed by atoms with van der Waals surface area (Å²) in [6, 6.07) is 12.6. The molecule has 5 nitrogen and oxygen atoms in total. The first kappa shape index (κ1) is 28.0. The van der Waals surface area contributed by atoms with Crippen LogP contribution in [0.1, 0.15) is 44.7 Å². The summed E-state index contributed by atoms with van der Waals surface area (Å²) in [5.74, 6) is 6.40. The lowest BCUT2D eigenvalue weighted by atomic mass is 9.95. The van der Waals surface area contributed by atoms with Crippen molar-refractivity contribution >= 4 is 11.6 Å². The van der Waals surface area contributed by atoms with Crippen molar-refractivity contribution in [3.63, 3.8) is 0 Å². The molecular formula is C26H38ClNO4. The molecule has 32 heavy (non-hydrogen) atoms. The summed E-state index contributed by atoms with van der Waals surface area (Å²) in [6.45, 7) is 7.74. The van der Waals surface area contributed by atoms with Gasteiger partial charge < -0.3 is 19.0 Å². The molecule has 0 heterocycles. The summed E-state index contributed by atoms with van der Waals surface area (Å²) < 4.78 is 17.0. The highest BCUT2D eigenvalue weighted by molar-refractivity contribution is 6.25. The van der Waals surface area contributed by atoms with Gasteiger partial charge in [0, 0.05) is 12.1 Å². The molecule has 2 N–H and O–H groups in total. The standard InChI is InChI=1S/C25H33ClO3.CH5NO/c1-6-13-29-17-20-14-23(27-4)25(24(15-20)28-5)21-10-7-19(8-11-21)9-12-22(16-26)18(2)3;1-3-2/h7-8,10-11,14-16,18H,6,9,12-13,17H2,1-5H3;2H2,1H3/b22-16+;. The molecule has 0 aliphatic rings. The summed E-state index contributed by atoms with van der Waals surface area (Å²) in [5.41, 5.74) is 7.36. The summed E-state index contributed by atoms with van der Waals surface area (Å²) in [7, 11) is 4.78. The van der Waals surface area contributed by atoms with E-state index in [0.29, 0.717) is 12.5 Å². The second-order valence-corrected chi connectivity index (χ2v) is 7.92. The van der Waals surface area contributed by atoms with E-state index < -0.39 is 0 Å². The number of halogens is 1. The number of hydrogen-bond donors (Lipinski definition) is 1. The minimum absolute atomic E-state index is 0.472. The fourth-order valence-electron chi connectivity index (χ4n) is 3.26. The van der Waals surface area contributed by atoms with Crippen LogP contribution in [-0.4, -0.2) is 27.9 Å². The number of methoxy groups -OCH3 is 2. The van der Waals surface area contributed by atoms with E-state index in [1.807, 2.05) is 12.1 Å². The molecule has 178 valence electrons. The molecule has 0 atom stereocenters. The van der Waals surface area contributed by atoms with Crippen molar-refractivity contribution in [2.24, 2.45) is 11.8 Å². The number of rotatable bonds is 11. The Hall–Kier alpha value is -2.05. The van der Waals surface area contributed by atoms with Crippen LogP contribution in [0.2, 0.25) is 0 Å². The van der Waals surface area contributed by atoms with E-state index in [-0.39, 0.29) is 0 Å². The predicted molar refractivity (Wildman–Crippen MR) is 133 cm³/mol. The monoisotopic (exact) mass is 463 g/mol. The van der Waals surface area contributed by atoms with Crippen molar-refractivity contribution in [1.29, 1.82) is 0 Å². The Morgan fingerprint density at radius 3 is 2.00 bits per heavy atom. The molecule has 2 aromatic carbocycles. The van der Waals surface area contributed by atoms with Gasteiger partial charge in [0.1, 0.15) is 11.5 Å². The average molecular weight is 464 g/mol. The van der Waals surface area contributed by atoms with Crippen LogP contribution in [0.25, 0.3) is 11.1 Å². The van der Waals surface area contributed by atoms with E-state index in [9.17, 15) is 0 Å². The molecule has 0 saturated heterocycles. The number of ether oxygens (including phenoxy) is 3. The van der Waals surface area contributed by atoms with Crippen molar-refractivity contribution in [3.05, 3.63) is 58.6 Å². The summed E-state index contributed by atoms with van der Waals surface area (Å²) in [4.78, 5) is 3.75. The molecular weight excluding hydrogens is 426 g/mol. The molecule has 0 amide bonds. The van der Waals surface area contributed by atoms with Crippen molar-refractivity contribution in [3.8, 4) is 22.6 Å². The molecule has 0 unspecified atom stereocenters. The second-order valence-electron chi connectivity index (χ2n) is 7.70. The van der Waals surface area contributed by atoms with E-state index in [4.69, 9.17) is 25.8 Å². The van der Waals surface area contributed by atoms with Crippen LogP contribution in [0.3, 0.4) is 0 Å². The Balaban J connectivity index is 0.00000161. The van der Waals surface area contributed by atoms with Gasteiger partial charge in [-0.3, -0.25) is 0 Å². The predicted octanol–water partition coefficient (Wildman–Crippen LogP) is 6.52. The lowest BCUT2D eigenvalue weighted by Crippen LogP contribution is -1.99. The van der Waals surface area contributed by atoms with Crippen molar-refractivity contribution in [1.82, 2.24) is 0 Å². The Morgan fingerprint density at radius 1 is 1.00 bits per heavy atom. The summed E-state index contributed by atoms with van der Waals surface area (Å²) in [6.07, 6.45) is 2.94. The molecule has 0 aliphatic carbocycles. The molecule has 6 heteroatoms. The summed E-state index contributed by atoms with van der Waals surface area (Å²) in [5, 5.41) is 0. The Morgan fingerprint density at radius 2 is 1.56 bits per heavy atom. The molecule has 2 rings (SSSR count). The third kappa shape index (κ3) is 8.83. The van der Waals surface area contributed by atoms with Gasteiger partial charge in [0.05, 0.1) is 33.5 Å². The highest BCUT2D eigenvalue weighted by atomic mass is 35.5. The van der Waals surface area contributed by atoms with Crippen LogP contribution in [-0.2, 0) is 22.6 Å². The average Bonchev–Trinajstić information content (AvgIpc) is 2.79. The van der Waals surface area contributed by atoms with Crippen LogP contribution < -0.4 is 15.4 Å². The summed E-state index contributed by atoms with van der Waals surface area (Å²) >= 11 is 5.95. The fourth-order valence-corrected chi connectivity index (χ4v) is 3.63. The maximum atomic E-state index is 5.95. The minimum atomic E-state index is 0.472. The first-order chi connectivity index (χ1) is 15.4. The Kier molecular flexibility index (Phi) is 13.7. The van der Waals surface area contributed by atoms with Gasteiger partial charge in [-0.15, -0.1) is 0 Å². The smallest absolute Gasteiger partial charge is 0.130 e. The molecule has 0 spiro atoms. The van der Waals surface area contributed by atoms with Crippen LogP contribution in [0, 0.1) is 5.92 Å². The van der Waals surface area contributed by atoms with Gasteiger partial charge in [-0.2, -0.15) is 0 Å². The van der Waals surface area contributed by atoms with Crippen molar-refractivity contribution in [2.75, 3.05) is 27.9 Å². The van der Waals surface area contributed by atoms with Gasteiger partial charge >= 0.3 is 0 Å². The molecule has 0 fully saturated rings. The molecule has 2 aromatic rings. The zero-order valence-corrected chi connectivity index (χ0v) is 21.0. The van der Waals surface area contributed by atoms with Gasteiger partial charge in [-0.25, -0.2) is 5.90 Å². The Bertz CT molecular complexity index is 794. The third-order valence-corrected chi connectivity index (χ3v) is 5.29. The first-order valence-corrected chi connectivity index (χ1v) is 11.3. The van der Waals surface area contributed by atoms with E-state index in [2.05, 4.69) is 55.8 Å². The number of allylic oxidation sites excluding steroid dienone is 1. The zero-order chi connectivity index (χ0) is 23.9. The van der Waals surface area contributed by atoms with Gasteiger partial charge in [0.15, 0.2) is 0 Å². The van der Waals surface area contributed by atoms with Crippen LogP contribution >= 0.6 is 11.6 Å². The van der Waals surface area contributed by atoms with E-state index in [0.717, 1.165) is 54.1 Å². The number of hydrogen-bond acceptors (Lipinski definition) is 5. The fraction of sp³-hybridized carbons (Fsp3) is 0.462. The maximum absolute atomic E-state index is 5.95. The molecule has 0 bridgehead atoms. The van der Waals surface area contributed by atoms with Crippen molar-refractivity contribution < 1.29 is 19.0 Å². The van der Waals surface area contributed by atoms with Gasteiger partial charge in [-0.1, -0.05) is 62.2 Å². The topological polar surface area (TPSA) is 62.9 Å². The van der Waals surface area contributed by atoms with Crippen LogP contribution in [0.4, 0.5) is 0 Å². The zero-order valence-electron chi connectivity index (χ0n) is 20.2. The molecule has 0 aromatic heterocycles. The van der Waals surface area contributed by atoms with Gasteiger partial charge in [0.2, 0.25) is 0 Å². The second kappa shape index (κ2) is 15.7. The maximum Gasteiger partial charge on any atom is 0.130 e. The Labute approximate surface area is 198 Å².